The number of hydrogen-bond donors (Lipinski definition) is 1. The van der Waals surface area contributed by atoms with E-state index < -0.39 is 23.8 Å². The first-order valence-corrected chi connectivity index (χ1v) is 12.7. The lowest BCUT2D eigenvalue weighted by Crippen LogP contribution is -2.33. The zero-order chi connectivity index (χ0) is 26.9. The number of rotatable bonds is 7. The molecular weight excluding hydrogens is 496 g/mol. The number of benzene rings is 1. The van der Waals surface area contributed by atoms with Gasteiger partial charge in [0.25, 0.3) is 0 Å². The number of nitrogens with zero attached hydrogens (tertiary/aromatic N) is 3. The fourth-order valence-corrected chi connectivity index (χ4v) is 5.37. The number of hydrogen-bond acceptors (Lipinski definition) is 3. The zero-order valence-electron chi connectivity index (χ0n) is 21.0. The van der Waals surface area contributed by atoms with Gasteiger partial charge in [0.15, 0.2) is 5.69 Å². The number of carbonyl (C=O) groups is 1. The average molecular weight is 525 g/mol. The van der Waals surface area contributed by atoms with Gasteiger partial charge < -0.3 is 5.32 Å². The van der Waals surface area contributed by atoms with Crippen LogP contribution in [-0.2, 0) is 30.4 Å². The molecule has 3 aromatic rings. The molecule has 2 heterocycles. The van der Waals surface area contributed by atoms with Crippen LogP contribution in [0.3, 0.4) is 0 Å². The summed E-state index contributed by atoms with van der Waals surface area (Å²) >= 11 is 0. The van der Waals surface area contributed by atoms with Gasteiger partial charge in [0.05, 0.1) is 11.7 Å². The van der Waals surface area contributed by atoms with E-state index >= 15 is 0 Å². The highest BCUT2D eigenvalue weighted by atomic mass is 19.4. The molecule has 1 amide bonds. The van der Waals surface area contributed by atoms with Gasteiger partial charge in [0.1, 0.15) is 12.4 Å². The zero-order valence-corrected chi connectivity index (χ0v) is 21.0. The molecule has 2 aliphatic rings. The molecule has 1 N–H and O–H groups in total. The minimum absolute atomic E-state index is 0.192. The second-order valence-corrected chi connectivity index (χ2v) is 9.81. The summed E-state index contributed by atoms with van der Waals surface area (Å²) < 4.78 is 55.9. The molecule has 1 unspecified atom stereocenters. The molecule has 0 aliphatic heterocycles. The summed E-state index contributed by atoms with van der Waals surface area (Å²) in [6.07, 6.45) is 2.89. The van der Waals surface area contributed by atoms with E-state index in [0.717, 1.165) is 28.7 Å². The summed E-state index contributed by atoms with van der Waals surface area (Å²) in [5.74, 6) is -0.805. The molecule has 198 valence electrons. The highest BCUT2D eigenvalue weighted by Gasteiger charge is 2.39. The molecule has 5 nitrogen and oxygen atoms in total. The predicted octanol–water partition coefficient (Wildman–Crippen LogP) is 6.58. The van der Waals surface area contributed by atoms with Gasteiger partial charge in [-0.2, -0.15) is 18.3 Å². The van der Waals surface area contributed by atoms with E-state index in [1.54, 1.807) is 6.20 Å². The third kappa shape index (κ3) is 5.42. The van der Waals surface area contributed by atoms with Crippen LogP contribution in [0.25, 0.3) is 11.1 Å². The van der Waals surface area contributed by atoms with E-state index in [-0.39, 0.29) is 17.9 Å². The van der Waals surface area contributed by atoms with E-state index in [2.05, 4.69) is 15.4 Å². The molecule has 0 spiro atoms. The largest absolute Gasteiger partial charge is 0.435 e. The van der Waals surface area contributed by atoms with Crippen LogP contribution >= 0.6 is 0 Å². The lowest BCUT2D eigenvalue weighted by Gasteiger charge is -2.23. The summed E-state index contributed by atoms with van der Waals surface area (Å²) in [5, 5.41) is 6.80. The summed E-state index contributed by atoms with van der Waals surface area (Å²) in [7, 11) is 0. The number of carbonyl (C=O) groups excluding carboxylic acids is 1. The van der Waals surface area contributed by atoms with Crippen molar-refractivity contribution in [2.24, 2.45) is 0 Å². The van der Waals surface area contributed by atoms with Crippen molar-refractivity contribution >= 4 is 5.91 Å². The maximum Gasteiger partial charge on any atom is 0.435 e. The number of alkyl halides is 3. The third-order valence-electron chi connectivity index (χ3n) is 7.13. The Morgan fingerprint density at radius 1 is 1.11 bits per heavy atom. The molecule has 5 rings (SSSR count). The summed E-state index contributed by atoms with van der Waals surface area (Å²) in [5.41, 5.74) is 3.99. The Hall–Kier alpha value is -3.75. The normalized spacial score (nSPS) is 16.0. The van der Waals surface area contributed by atoms with Gasteiger partial charge in [-0.15, -0.1) is 0 Å². The first-order valence-electron chi connectivity index (χ1n) is 12.7. The molecule has 0 bridgehead atoms. The second kappa shape index (κ2) is 10.6. The average Bonchev–Trinajstić information content (AvgIpc) is 3.47. The Labute approximate surface area is 218 Å². The van der Waals surface area contributed by atoms with Gasteiger partial charge in [0.2, 0.25) is 5.91 Å². The molecule has 0 saturated carbocycles. The predicted molar refractivity (Wildman–Crippen MR) is 136 cm³/mol. The summed E-state index contributed by atoms with van der Waals surface area (Å²) in [6, 6.07) is 10.9. The Bertz CT molecular complexity index is 1420. The third-order valence-corrected chi connectivity index (χ3v) is 7.13. The number of pyridine rings is 1. The summed E-state index contributed by atoms with van der Waals surface area (Å²) in [6.45, 7) is 1.64. The van der Waals surface area contributed by atoms with Crippen LogP contribution in [0, 0.1) is 6.92 Å². The van der Waals surface area contributed by atoms with Crippen LogP contribution in [0.2, 0.25) is 0 Å². The van der Waals surface area contributed by atoms with E-state index in [0.29, 0.717) is 43.5 Å². The van der Waals surface area contributed by atoms with Crippen molar-refractivity contribution in [3.05, 3.63) is 94.4 Å². The lowest BCUT2D eigenvalue weighted by molar-refractivity contribution is -0.142. The van der Waals surface area contributed by atoms with Crippen molar-refractivity contribution in [2.45, 2.75) is 64.2 Å². The van der Waals surface area contributed by atoms with E-state index in [4.69, 9.17) is 0 Å². The molecular formula is C29H28F4N4O. The molecule has 38 heavy (non-hydrogen) atoms. The number of aromatic nitrogens is 3. The summed E-state index contributed by atoms with van der Waals surface area (Å²) in [4.78, 5) is 17.9. The molecule has 0 radical (unpaired) electrons. The van der Waals surface area contributed by atoms with Crippen LogP contribution in [0.5, 0.6) is 0 Å². The van der Waals surface area contributed by atoms with E-state index in [1.807, 2.05) is 43.3 Å². The van der Waals surface area contributed by atoms with Gasteiger partial charge in [-0.1, -0.05) is 35.9 Å². The molecule has 2 aromatic heterocycles. The van der Waals surface area contributed by atoms with Crippen molar-refractivity contribution in [2.75, 3.05) is 0 Å². The molecule has 9 heteroatoms. The highest BCUT2D eigenvalue weighted by Crippen LogP contribution is 2.37. The first-order chi connectivity index (χ1) is 18.2. The number of halogens is 4. The lowest BCUT2D eigenvalue weighted by atomic mass is 9.93. The van der Waals surface area contributed by atoms with Crippen molar-refractivity contribution < 1.29 is 22.4 Å². The number of allylic oxidation sites excluding steroid dienone is 3. The smallest absolute Gasteiger partial charge is 0.346 e. The number of nitrogens with one attached hydrogen (secondary N) is 1. The van der Waals surface area contributed by atoms with E-state index in [9.17, 15) is 22.4 Å². The monoisotopic (exact) mass is 524 g/mol. The second-order valence-electron chi connectivity index (χ2n) is 9.81. The SMILES string of the molecule is Cc1ccccc1-c1cccnc1C(CC1=CC(F)=CC1)NC(=O)Cn1nc(C(F)(F)F)c2c1CCCC2. The fraction of sp³-hybridized carbons (Fsp3) is 0.345. The Morgan fingerprint density at radius 2 is 1.87 bits per heavy atom. The van der Waals surface area contributed by atoms with Crippen molar-refractivity contribution in [3.8, 4) is 11.1 Å². The molecule has 1 aromatic carbocycles. The van der Waals surface area contributed by atoms with Crippen molar-refractivity contribution in [3.63, 3.8) is 0 Å². The van der Waals surface area contributed by atoms with Gasteiger partial charge >= 0.3 is 6.18 Å². The Kier molecular flexibility index (Phi) is 7.19. The molecule has 1 atom stereocenters. The minimum Gasteiger partial charge on any atom is -0.346 e. The highest BCUT2D eigenvalue weighted by molar-refractivity contribution is 5.77. The minimum atomic E-state index is -4.58. The standard InChI is InChI=1S/C29H28F4N4O/c1-18-7-2-3-8-21(18)22-10-6-14-34-27(22)24(16-19-12-13-20(30)15-19)35-26(38)17-37-25-11-5-4-9-23(25)28(36-37)29(31,32)33/h2-3,6-8,10,13-15,24H,4-5,9,11-12,16-17H2,1H3,(H,35,38). The van der Waals surface area contributed by atoms with Crippen molar-refractivity contribution in [1.82, 2.24) is 20.1 Å². The van der Waals surface area contributed by atoms with Gasteiger partial charge in [0, 0.05) is 23.0 Å². The Morgan fingerprint density at radius 3 is 2.61 bits per heavy atom. The van der Waals surface area contributed by atoms with Crippen LogP contribution in [0.15, 0.2) is 66.1 Å². The van der Waals surface area contributed by atoms with Gasteiger partial charge in [-0.25, -0.2) is 4.39 Å². The quantitative estimate of drug-likeness (QED) is 0.355. The van der Waals surface area contributed by atoms with Crippen molar-refractivity contribution in [1.29, 1.82) is 0 Å². The van der Waals surface area contributed by atoms with Crippen LogP contribution in [0.4, 0.5) is 17.6 Å². The maximum atomic E-state index is 13.8. The number of fused-ring (bicyclic) bond motifs is 1. The molecule has 2 aliphatic carbocycles. The van der Waals surface area contributed by atoms with Crippen LogP contribution < -0.4 is 5.32 Å². The number of aryl methyl sites for hydroxylation is 1. The fourth-order valence-electron chi connectivity index (χ4n) is 5.37. The van der Waals surface area contributed by atoms with E-state index in [1.165, 1.54) is 16.8 Å². The van der Waals surface area contributed by atoms with Crippen LogP contribution in [0.1, 0.15) is 59.9 Å². The van der Waals surface area contributed by atoms with Crippen LogP contribution in [-0.4, -0.2) is 20.7 Å². The topological polar surface area (TPSA) is 59.8 Å². The maximum absolute atomic E-state index is 13.8. The first kappa shape index (κ1) is 25.9. The van der Waals surface area contributed by atoms with Gasteiger partial charge in [-0.05, 0) is 74.8 Å². The molecule has 0 fully saturated rings. The Balaban J connectivity index is 1.46. The van der Waals surface area contributed by atoms with Gasteiger partial charge in [-0.3, -0.25) is 14.5 Å². The number of amides is 1. The molecule has 0 saturated heterocycles.